The largest absolute Gasteiger partial charge is 0.416 e. The van der Waals surface area contributed by atoms with Crippen molar-refractivity contribution in [2.45, 2.75) is 19.1 Å². The van der Waals surface area contributed by atoms with Crippen molar-refractivity contribution in [3.05, 3.63) is 66.5 Å². The van der Waals surface area contributed by atoms with E-state index in [4.69, 9.17) is 0 Å². The van der Waals surface area contributed by atoms with Crippen LogP contribution >= 0.6 is 0 Å². The number of imidazole rings is 1. The predicted octanol–water partition coefficient (Wildman–Crippen LogP) is 3.85. The first-order valence-electron chi connectivity index (χ1n) is 7.17. The lowest BCUT2D eigenvalue weighted by atomic mass is 10.0. The molecule has 3 rings (SSSR count). The monoisotopic (exact) mass is 333 g/mol. The van der Waals surface area contributed by atoms with Crippen LogP contribution in [-0.2, 0) is 6.18 Å². The zero-order chi connectivity index (χ0) is 17.2. The van der Waals surface area contributed by atoms with Crippen LogP contribution in [0.5, 0.6) is 0 Å². The maximum atomic E-state index is 12.8. The summed E-state index contributed by atoms with van der Waals surface area (Å²) in [6, 6.07) is 6.58. The van der Waals surface area contributed by atoms with E-state index in [-0.39, 0.29) is 6.04 Å². The van der Waals surface area contributed by atoms with Crippen molar-refractivity contribution >= 4 is 5.82 Å². The molecule has 0 aliphatic rings. The molecule has 3 aromatic rings. The van der Waals surface area contributed by atoms with Crippen molar-refractivity contribution < 1.29 is 13.2 Å². The van der Waals surface area contributed by atoms with Gasteiger partial charge in [0.1, 0.15) is 24.3 Å². The smallest absolute Gasteiger partial charge is 0.363 e. The van der Waals surface area contributed by atoms with Crippen molar-refractivity contribution in [1.82, 2.24) is 19.5 Å². The van der Waals surface area contributed by atoms with Crippen LogP contribution in [0.15, 0.2) is 55.4 Å². The molecule has 2 heterocycles. The van der Waals surface area contributed by atoms with Crippen molar-refractivity contribution in [3.63, 3.8) is 0 Å². The molecule has 0 bridgehead atoms. The number of nitrogens with zero attached hydrogens (tertiary/aromatic N) is 4. The van der Waals surface area contributed by atoms with Crippen LogP contribution in [0, 0.1) is 0 Å². The van der Waals surface area contributed by atoms with Gasteiger partial charge in [0.2, 0.25) is 0 Å². The molecule has 8 heteroatoms. The van der Waals surface area contributed by atoms with Gasteiger partial charge in [-0.3, -0.25) is 4.57 Å². The molecule has 2 aromatic heterocycles. The van der Waals surface area contributed by atoms with Gasteiger partial charge in [-0.15, -0.1) is 0 Å². The van der Waals surface area contributed by atoms with E-state index in [0.29, 0.717) is 17.2 Å². The van der Waals surface area contributed by atoms with Crippen LogP contribution in [0.25, 0.3) is 5.82 Å². The van der Waals surface area contributed by atoms with Crippen LogP contribution < -0.4 is 5.32 Å². The fourth-order valence-electron chi connectivity index (χ4n) is 2.25. The summed E-state index contributed by atoms with van der Waals surface area (Å²) in [7, 11) is 0. The van der Waals surface area contributed by atoms with Gasteiger partial charge in [-0.2, -0.15) is 13.2 Å². The Morgan fingerprint density at radius 2 is 2.00 bits per heavy atom. The number of halogens is 3. The third-order valence-electron chi connectivity index (χ3n) is 3.50. The summed E-state index contributed by atoms with van der Waals surface area (Å²) in [5.41, 5.74) is -0.150. The molecule has 0 aliphatic heterocycles. The molecular weight excluding hydrogens is 319 g/mol. The lowest BCUT2D eigenvalue weighted by molar-refractivity contribution is -0.137. The minimum atomic E-state index is -4.36. The first-order valence-corrected chi connectivity index (χ1v) is 7.17. The quantitative estimate of drug-likeness (QED) is 0.788. The topological polar surface area (TPSA) is 55.6 Å². The van der Waals surface area contributed by atoms with E-state index in [1.54, 1.807) is 42.3 Å². The molecule has 0 radical (unpaired) electrons. The normalized spacial score (nSPS) is 12.8. The number of anilines is 1. The van der Waals surface area contributed by atoms with Gasteiger partial charge in [-0.25, -0.2) is 15.0 Å². The van der Waals surface area contributed by atoms with Crippen LogP contribution in [0.1, 0.15) is 24.1 Å². The van der Waals surface area contributed by atoms with Crippen molar-refractivity contribution in [2.24, 2.45) is 0 Å². The average molecular weight is 333 g/mol. The Morgan fingerprint density at radius 3 is 2.71 bits per heavy atom. The summed E-state index contributed by atoms with van der Waals surface area (Å²) >= 11 is 0. The molecule has 0 amide bonds. The summed E-state index contributed by atoms with van der Waals surface area (Å²) in [6.07, 6.45) is 1.99. The molecule has 124 valence electrons. The number of aromatic nitrogens is 4. The summed E-state index contributed by atoms with van der Waals surface area (Å²) in [5, 5.41) is 3.09. The third kappa shape index (κ3) is 3.53. The van der Waals surface area contributed by atoms with Gasteiger partial charge < -0.3 is 5.32 Å². The summed E-state index contributed by atoms with van der Waals surface area (Å²) in [5.74, 6) is 1.12. The highest BCUT2D eigenvalue weighted by atomic mass is 19.4. The predicted molar refractivity (Wildman–Crippen MR) is 82.6 cm³/mol. The Labute approximate surface area is 136 Å². The second-order valence-corrected chi connectivity index (χ2v) is 5.22. The fraction of sp³-hybridized carbons (Fsp3) is 0.188. The molecule has 24 heavy (non-hydrogen) atoms. The van der Waals surface area contributed by atoms with E-state index in [1.165, 1.54) is 12.4 Å². The molecule has 0 saturated carbocycles. The van der Waals surface area contributed by atoms with Crippen molar-refractivity contribution in [3.8, 4) is 5.82 Å². The van der Waals surface area contributed by atoms with Crippen LogP contribution in [-0.4, -0.2) is 19.5 Å². The molecule has 1 atom stereocenters. The number of rotatable bonds is 4. The Kier molecular flexibility index (Phi) is 4.20. The number of alkyl halides is 3. The van der Waals surface area contributed by atoms with Gasteiger partial charge in [0, 0.05) is 24.5 Å². The maximum Gasteiger partial charge on any atom is 0.416 e. The number of hydrogen-bond acceptors (Lipinski definition) is 4. The standard InChI is InChI=1S/C16H14F3N5/c1-11(12-3-2-4-13(7-12)16(17,18)19)23-14-8-15(22-9-21-14)24-6-5-20-10-24/h2-11H,1H3,(H,21,22,23). The van der Waals surface area contributed by atoms with Crippen molar-refractivity contribution in [2.75, 3.05) is 5.32 Å². The fourth-order valence-corrected chi connectivity index (χ4v) is 2.25. The number of nitrogens with one attached hydrogen (secondary N) is 1. The minimum absolute atomic E-state index is 0.349. The van der Waals surface area contributed by atoms with Gasteiger partial charge in [0.15, 0.2) is 0 Å². The number of benzene rings is 1. The Balaban J connectivity index is 1.80. The second kappa shape index (κ2) is 6.31. The Morgan fingerprint density at radius 1 is 1.17 bits per heavy atom. The van der Waals surface area contributed by atoms with Gasteiger partial charge in [0.05, 0.1) is 5.56 Å². The Hall–Kier alpha value is -2.90. The van der Waals surface area contributed by atoms with E-state index in [2.05, 4.69) is 20.3 Å². The first-order chi connectivity index (χ1) is 11.4. The van der Waals surface area contributed by atoms with Crippen LogP contribution in [0.4, 0.5) is 19.0 Å². The molecule has 0 aliphatic carbocycles. The average Bonchev–Trinajstić information content (AvgIpc) is 3.09. The first kappa shape index (κ1) is 16.0. The third-order valence-corrected chi connectivity index (χ3v) is 3.50. The maximum absolute atomic E-state index is 12.8. The SMILES string of the molecule is CC(Nc1cc(-n2ccnc2)ncn1)c1cccc(C(F)(F)F)c1. The molecule has 0 spiro atoms. The Bertz CT molecular complexity index is 815. The van der Waals surface area contributed by atoms with E-state index in [9.17, 15) is 13.2 Å². The summed E-state index contributed by atoms with van der Waals surface area (Å²) < 4.78 is 40.2. The van der Waals surface area contributed by atoms with Gasteiger partial charge in [-0.05, 0) is 24.6 Å². The number of hydrogen-bond donors (Lipinski definition) is 1. The minimum Gasteiger partial charge on any atom is -0.363 e. The van der Waals surface area contributed by atoms with Crippen LogP contribution in [0.2, 0.25) is 0 Å². The molecule has 1 N–H and O–H groups in total. The lowest BCUT2D eigenvalue weighted by Gasteiger charge is -2.17. The zero-order valence-electron chi connectivity index (χ0n) is 12.7. The summed E-state index contributed by atoms with van der Waals surface area (Å²) in [4.78, 5) is 12.2. The van der Waals surface area contributed by atoms with E-state index in [1.807, 2.05) is 0 Å². The highest BCUT2D eigenvalue weighted by Crippen LogP contribution is 2.31. The second-order valence-electron chi connectivity index (χ2n) is 5.22. The molecule has 1 aromatic carbocycles. The molecule has 0 saturated heterocycles. The zero-order valence-corrected chi connectivity index (χ0v) is 12.7. The molecule has 5 nitrogen and oxygen atoms in total. The van der Waals surface area contributed by atoms with E-state index >= 15 is 0 Å². The highest BCUT2D eigenvalue weighted by Gasteiger charge is 2.30. The lowest BCUT2D eigenvalue weighted by Crippen LogP contribution is -2.11. The van der Waals surface area contributed by atoms with Crippen molar-refractivity contribution in [1.29, 1.82) is 0 Å². The van der Waals surface area contributed by atoms with E-state index < -0.39 is 11.7 Å². The van der Waals surface area contributed by atoms with Gasteiger partial charge in [-0.1, -0.05) is 12.1 Å². The van der Waals surface area contributed by atoms with E-state index in [0.717, 1.165) is 12.1 Å². The van der Waals surface area contributed by atoms with Crippen LogP contribution in [0.3, 0.4) is 0 Å². The highest BCUT2D eigenvalue weighted by molar-refractivity contribution is 5.43. The van der Waals surface area contributed by atoms with Gasteiger partial charge in [0.25, 0.3) is 0 Å². The molecule has 0 fully saturated rings. The van der Waals surface area contributed by atoms with Gasteiger partial charge >= 0.3 is 6.18 Å². The summed E-state index contributed by atoms with van der Waals surface area (Å²) in [6.45, 7) is 1.77. The molecular formula is C16H14F3N5. The molecule has 1 unspecified atom stereocenters.